The molecule has 2 amide bonds. The quantitative estimate of drug-likeness (QED) is 0.809. The summed E-state index contributed by atoms with van der Waals surface area (Å²) in [6.07, 6.45) is 5.42. The minimum Gasteiger partial charge on any atom is -0.352 e. The molecule has 2 aliphatic heterocycles. The van der Waals surface area contributed by atoms with Gasteiger partial charge in [0, 0.05) is 37.7 Å². The minimum atomic E-state index is -3.54. The Labute approximate surface area is 166 Å². The van der Waals surface area contributed by atoms with E-state index in [1.54, 1.807) is 34.3 Å². The van der Waals surface area contributed by atoms with Gasteiger partial charge in [-0.2, -0.15) is 4.31 Å². The van der Waals surface area contributed by atoms with Crippen LogP contribution in [0.25, 0.3) is 0 Å². The monoisotopic (exact) mass is 405 g/mol. The zero-order valence-corrected chi connectivity index (χ0v) is 17.0. The molecular formula is C20H27N3O4S. The maximum atomic E-state index is 13.0. The largest absolute Gasteiger partial charge is 0.352 e. The van der Waals surface area contributed by atoms with Crippen LogP contribution in [0.1, 0.15) is 51.0 Å². The first-order valence-electron chi connectivity index (χ1n) is 10.2. The summed E-state index contributed by atoms with van der Waals surface area (Å²) < 4.78 is 27.5. The van der Waals surface area contributed by atoms with Gasteiger partial charge in [0.1, 0.15) is 6.04 Å². The highest BCUT2D eigenvalue weighted by Gasteiger charge is 2.40. The molecule has 1 atom stereocenters. The number of anilines is 1. The van der Waals surface area contributed by atoms with Crippen LogP contribution in [-0.2, 0) is 26.0 Å². The number of fused-ring (bicyclic) bond motifs is 1. The Hall–Kier alpha value is -1.93. The van der Waals surface area contributed by atoms with Gasteiger partial charge >= 0.3 is 0 Å². The van der Waals surface area contributed by atoms with Crippen molar-refractivity contribution in [3.8, 4) is 0 Å². The van der Waals surface area contributed by atoms with Crippen LogP contribution >= 0.6 is 0 Å². The first-order chi connectivity index (χ1) is 13.4. The van der Waals surface area contributed by atoms with E-state index in [9.17, 15) is 18.0 Å². The lowest BCUT2D eigenvalue weighted by Crippen LogP contribution is -2.48. The van der Waals surface area contributed by atoms with Crippen molar-refractivity contribution < 1.29 is 18.0 Å². The summed E-state index contributed by atoms with van der Waals surface area (Å²) in [6, 6.07) is 4.52. The normalized spacial score (nSPS) is 22.8. The van der Waals surface area contributed by atoms with Crippen LogP contribution in [-0.4, -0.2) is 49.7 Å². The third kappa shape index (κ3) is 3.55. The topological polar surface area (TPSA) is 86.8 Å². The van der Waals surface area contributed by atoms with Crippen molar-refractivity contribution in [2.45, 2.75) is 68.8 Å². The van der Waals surface area contributed by atoms with E-state index < -0.39 is 16.1 Å². The predicted octanol–water partition coefficient (Wildman–Crippen LogP) is 1.81. The lowest BCUT2D eigenvalue weighted by atomic mass is 10.1. The standard InChI is InChI=1S/C20H27N3O4S/c1-2-19(24)23-17-9-8-16(28(26,27)22-10-4-3-5-11-22)12-14(17)13-18(23)20(25)21-15-6-7-15/h8-9,12,15,18H,2-7,10-11,13H2,1H3,(H,21,25)/t18-/m1/s1. The first kappa shape index (κ1) is 19.4. The van der Waals surface area contributed by atoms with Crippen LogP contribution in [0.2, 0.25) is 0 Å². The predicted molar refractivity (Wildman–Crippen MR) is 105 cm³/mol. The van der Waals surface area contributed by atoms with Gasteiger partial charge in [-0.15, -0.1) is 0 Å². The molecule has 7 nitrogen and oxygen atoms in total. The van der Waals surface area contributed by atoms with Gasteiger partial charge in [-0.3, -0.25) is 14.5 Å². The average Bonchev–Trinajstić information content (AvgIpc) is 3.44. The van der Waals surface area contributed by atoms with E-state index in [-0.39, 0.29) is 22.8 Å². The molecule has 1 aromatic carbocycles. The summed E-state index contributed by atoms with van der Waals surface area (Å²) in [5.41, 5.74) is 1.40. The van der Waals surface area contributed by atoms with Gasteiger partial charge in [0.25, 0.3) is 0 Å². The zero-order valence-electron chi connectivity index (χ0n) is 16.2. The van der Waals surface area contributed by atoms with Gasteiger partial charge in [0.2, 0.25) is 21.8 Å². The highest BCUT2D eigenvalue weighted by atomic mass is 32.2. The Bertz CT molecular complexity index is 889. The number of hydrogen-bond acceptors (Lipinski definition) is 4. The number of carbonyl (C=O) groups is 2. The number of carbonyl (C=O) groups excluding carboxylic acids is 2. The molecule has 0 unspecified atom stereocenters. The van der Waals surface area contributed by atoms with Crippen molar-refractivity contribution in [3.05, 3.63) is 23.8 Å². The maximum Gasteiger partial charge on any atom is 0.243 e. The van der Waals surface area contributed by atoms with Gasteiger partial charge in [-0.25, -0.2) is 8.42 Å². The molecule has 2 fully saturated rings. The maximum absolute atomic E-state index is 13.0. The van der Waals surface area contributed by atoms with Gasteiger partial charge < -0.3 is 5.32 Å². The summed E-state index contributed by atoms with van der Waals surface area (Å²) in [5.74, 6) is -0.276. The molecule has 0 aromatic heterocycles. The summed E-state index contributed by atoms with van der Waals surface area (Å²) in [4.78, 5) is 27.0. The molecule has 8 heteroatoms. The third-order valence-corrected chi connectivity index (χ3v) is 7.68. The van der Waals surface area contributed by atoms with Crippen molar-refractivity contribution >= 4 is 27.5 Å². The summed E-state index contributed by atoms with van der Waals surface area (Å²) in [7, 11) is -3.54. The van der Waals surface area contributed by atoms with Crippen molar-refractivity contribution in [3.63, 3.8) is 0 Å². The van der Waals surface area contributed by atoms with Crippen LogP contribution in [0.5, 0.6) is 0 Å². The SMILES string of the molecule is CCC(=O)N1c2ccc(S(=O)(=O)N3CCCCC3)cc2C[C@@H]1C(=O)NC1CC1. The number of piperidine rings is 1. The van der Waals surface area contributed by atoms with Crippen molar-refractivity contribution in [1.29, 1.82) is 0 Å². The molecule has 152 valence electrons. The Morgan fingerprint density at radius 2 is 1.86 bits per heavy atom. The van der Waals surface area contributed by atoms with E-state index in [0.717, 1.165) is 37.7 Å². The molecule has 28 heavy (non-hydrogen) atoms. The number of amides is 2. The fourth-order valence-corrected chi connectivity index (χ4v) is 5.62. The summed E-state index contributed by atoms with van der Waals surface area (Å²) >= 11 is 0. The van der Waals surface area contributed by atoms with Crippen LogP contribution in [0.4, 0.5) is 5.69 Å². The fraction of sp³-hybridized carbons (Fsp3) is 0.600. The Balaban J connectivity index is 1.64. The number of nitrogens with zero attached hydrogens (tertiary/aromatic N) is 2. The van der Waals surface area contributed by atoms with Crippen LogP contribution < -0.4 is 10.2 Å². The van der Waals surface area contributed by atoms with E-state index in [0.29, 0.717) is 31.6 Å². The lowest BCUT2D eigenvalue weighted by Gasteiger charge is -2.26. The second-order valence-corrected chi connectivity index (χ2v) is 9.81. The Kier molecular flexibility index (Phi) is 5.18. The van der Waals surface area contributed by atoms with E-state index in [4.69, 9.17) is 0 Å². The number of nitrogens with one attached hydrogen (secondary N) is 1. The molecular weight excluding hydrogens is 378 g/mol. The van der Waals surface area contributed by atoms with Crippen LogP contribution in [0, 0.1) is 0 Å². The Morgan fingerprint density at radius 1 is 1.14 bits per heavy atom. The van der Waals surface area contributed by atoms with E-state index >= 15 is 0 Å². The molecule has 1 aliphatic carbocycles. The summed E-state index contributed by atoms with van der Waals surface area (Å²) in [6.45, 7) is 2.87. The van der Waals surface area contributed by atoms with Crippen molar-refractivity contribution in [2.75, 3.05) is 18.0 Å². The van der Waals surface area contributed by atoms with Gasteiger partial charge in [0.05, 0.1) is 4.90 Å². The van der Waals surface area contributed by atoms with Crippen molar-refractivity contribution in [2.24, 2.45) is 0 Å². The minimum absolute atomic E-state index is 0.124. The molecule has 4 rings (SSSR count). The zero-order chi connectivity index (χ0) is 19.9. The van der Waals surface area contributed by atoms with Gasteiger partial charge in [-0.05, 0) is 49.4 Å². The molecule has 1 saturated heterocycles. The smallest absolute Gasteiger partial charge is 0.243 e. The molecule has 3 aliphatic rings. The first-order valence-corrected chi connectivity index (χ1v) is 11.6. The second-order valence-electron chi connectivity index (χ2n) is 7.88. The molecule has 1 saturated carbocycles. The fourth-order valence-electron chi connectivity index (χ4n) is 4.06. The molecule has 0 radical (unpaired) electrons. The molecule has 1 aromatic rings. The van der Waals surface area contributed by atoms with E-state index in [1.807, 2.05) is 0 Å². The average molecular weight is 406 g/mol. The molecule has 2 heterocycles. The molecule has 0 spiro atoms. The number of benzene rings is 1. The van der Waals surface area contributed by atoms with Crippen LogP contribution in [0.3, 0.4) is 0 Å². The number of hydrogen-bond donors (Lipinski definition) is 1. The molecule has 0 bridgehead atoms. The molecule has 1 N–H and O–H groups in total. The van der Waals surface area contributed by atoms with Gasteiger partial charge in [0.15, 0.2) is 0 Å². The van der Waals surface area contributed by atoms with Gasteiger partial charge in [-0.1, -0.05) is 13.3 Å². The van der Waals surface area contributed by atoms with Crippen LogP contribution in [0.15, 0.2) is 23.1 Å². The van der Waals surface area contributed by atoms with E-state index in [1.165, 1.54) is 0 Å². The highest BCUT2D eigenvalue weighted by Crippen LogP contribution is 2.36. The highest BCUT2D eigenvalue weighted by molar-refractivity contribution is 7.89. The second kappa shape index (κ2) is 7.48. The van der Waals surface area contributed by atoms with E-state index in [2.05, 4.69) is 5.32 Å². The Morgan fingerprint density at radius 3 is 2.50 bits per heavy atom. The van der Waals surface area contributed by atoms with Crippen molar-refractivity contribution in [1.82, 2.24) is 9.62 Å². The third-order valence-electron chi connectivity index (χ3n) is 5.79. The lowest BCUT2D eigenvalue weighted by molar-refractivity contribution is -0.126. The number of sulfonamides is 1. The summed E-state index contributed by atoms with van der Waals surface area (Å²) in [5, 5.41) is 2.98. The number of rotatable bonds is 5.